The van der Waals surface area contributed by atoms with Crippen molar-refractivity contribution in [2.75, 3.05) is 12.0 Å². The fraction of sp³-hybridized carbons (Fsp3) is 0.269. The molecule has 2 aromatic heterocycles. The number of hydrogen-bond acceptors (Lipinski definition) is 5. The lowest BCUT2D eigenvalue weighted by Crippen LogP contribution is -2.35. The Kier molecular flexibility index (Phi) is 5.79. The number of anilines is 1. The summed E-state index contributed by atoms with van der Waals surface area (Å²) >= 11 is 0. The quantitative estimate of drug-likeness (QED) is 0.350. The van der Waals surface area contributed by atoms with Crippen molar-refractivity contribution in [3.05, 3.63) is 93.0 Å². The Morgan fingerprint density at radius 1 is 1.15 bits per heavy atom. The van der Waals surface area contributed by atoms with Crippen molar-refractivity contribution in [2.45, 2.75) is 39.9 Å². The maximum absolute atomic E-state index is 12.8. The second kappa shape index (κ2) is 9.03. The van der Waals surface area contributed by atoms with Crippen LogP contribution in [0.3, 0.4) is 0 Å². The second-order valence-electron chi connectivity index (χ2n) is 8.42. The van der Waals surface area contributed by atoms with E-state index in [0.29, 0.717) is 12.5 Å². The summed E-state index contributed by atoms with van der Waals surface area (Å²) in [6.45, 7) is 7.44. The normalized spacial score (nSPS) is 14.1. The zero-order chi connectivity index (χ0) is 22.8. The third kappa shape index (κ3) is 4.19. The van der Waals surface area contributed by atoms with E-state index in [9.17, 15) is 4.79 Å². The predicted molar refractivity (Wildman–Crippen MR) is 133 cm³/mol. The fourth-order valence-electron chi connectivity index (χ4n) is 4.70. The molecule has 2 aromatic carbocycles. The fourth-order valence-corrected chi connectivity index (χ4v) is 4.70. The molecule has 0 aliphatic carbocycles. The minimum atomic E-state index is -0.103. The molecule has 2 N–H and O–H groups in total. The van der Waals surface area contributed by atoms with Gasteiger partial charge in [-0.1, -0.05) is 48.5 Å². The van der Waals surface area contributed by atoms with Crippen molar-refractivity contribution >= 4 is 23.1 Å². The van der Waals surface area contributed by atoms with Crippen LogP contribution in [0, 0.1) is 6.92 Å². The number of hydrazone groups is 1. The van der Waals surface area contributed by atoms with E-state index in [1.54, 1.807) is 0 Å². The highest BCUT2D eigenvalue weighted by molar-refractivity contribution is 6.01. The van der Waals surface area contributed by atoms with Crippen LogP contribution in [-0.4, -0.2) is 32.2 Å². The first-order chi connectivity index (χ1) is 16.1. The van der Waals surface area contributed by atoms with Crippen molar-refractivity contribution in [3.8, 4) is 0 Å². The van der Waals surface area contributed by atoms with Crippen molar-refractivity contribution < 1.29 is 0 Å². The topological polar surface area (TPSA) is 78.3 Å². The Bertz CT molecular complexity index is 1370. The molecule has 3 heterocycles. The van der Waals surface area contributed by atoms with Crippen molar-refractivity contribution in [2.24, 2.45) is 5.10 Å². The number of rotatable bonds is 6. The molecule has 168 valence electrons. The first-order valence-electron chi connectivity index (χ1n) is 11.4. The molecule has 0 saturated carbocycles. The van der Waals surface area contributed by atoms with Gasteiger partial charge in [-0.05, 0) is 25.5 Å². The van der Waals surface area contributed by atoms with Gasteiger partial charge in [-0.25, -0.2) is 10.4 Å². The van der Waals surface area contributed by atoms with E-state index in [0.717, 1.165) is 54.0 Å². The second-order valence-corrected chi connectivity index (χ2v) is 8.42. The van der Waals surface area contributed by atoms with Gasteiger partial charge in [0.05, 0.1) is 17.5 Å². The first kappa shape index (κ1) is 21.2. The van der Waals surface area contributed by atoms with Gasteiger partial charge in [0.15, 0.2) is 0 Å². The van der Waals surface area contributed by atoms with Crippen LogP contribution in [0.1, 0.15) is 35.0 Å². The van der Waals surface area contributed by atoms with Crippen LogP contribution in [0.5, 0.6) is 0 Å². The van der Waals surface area contributed by atoms with Gasteiger partial charge in [-0.3, -0.25) is 14.7 Å². The summed E-state index contributed by atoms with van der Waals surface area (Å²) in [4.78, 5) is 22.5. The standard InChI is InChI=1S/C26H28N6O/c1-3-32-18(2)21(20-11-7-8-12-24(20)32)15-27-30-26-28-23-13-14-31(17-22(23)25(33)29-26)16-19-9-5-4-6-10-19/h4-12,15H,3,13-14,16-17H2,1-2H3,(H2,28,29,30,33)/b27-15-. The number of fused-ring (bicyclic) bond motifs is 2. The van der Waals surface area contributed by atoms with Crippen LogP contribution in [-0.2, 0) is 26.1 Å². The number of aromatic amines is 1. The van der Waals surface area contributed by atoms with Crippen LogP contribution >= 0.6 is 0 Å². The number of hydrogen-bond donors (Lipinski definition) is 2. The summed E-state index contributed by atoms with van der Waals surface area (Å²) in [6.07, 6.45) is 2.55. The average Bonchev–Trinajstić information content (AvgIpc) is 3.11. The highest BCUT2D eigenvalue weighted by atomic mass is 16.1. The van der Waals surface area contributed by atoms with Gasteiger partial charge in [-0.15, -0.1) is 0 Å². The van der Waals surface area contributed by atoms with Gasteiger partial charge < -0.3 is 4.57 Å². The molecular weight excluding hydrogens is 412 g/mol. The summed E-state index contributed by atoms with van der Waals surface area (Å²) in [6, 6.07) is 18.7. The van der Waals surface area contributed by atoms with Gasteiger partial charge in [0.1, 0.15) is 0 Å². The molecule has 0 radical (unpaired) electrons. The van der Waals surface area contributed by atoms with Gasteiger partial charge in [0, 0.05) is 54.8 Å². The van der Waals surface area contributed by atoms with Gasteiger partial charge in [0.2, 0.25) is 5.95 Å². The molecule has 0 saturated heterocycles. The SMILES string of the molecule is CCn1c(C)c(/C=N\Nc2nc3c(c(=O)[nH]2)CN(Cc2ccccc2)CC3)c2ccccc21. The van der Waals surface area contributed by atoms with E-state index in [1.807, 2.05) is 30.5 Å². The van der Waals surface area contributed by atoms with Crippen LogP contribution in [0.2, 0.25) is 0 Å². The van der Waals surface area contributed by atoms with Crippen molar-refractivity contribution in [1.82, 2.24) is 19.4 Å². The highest BCUT2D eigenvalue weighted by Crippen LogP contribution is 2.24. The largest absolute Gasteiger partial charge is 0.344 e. The maximum atomic E-state index is 12.8. The minimum Gasteiger partial charge on any atom is -0.344 e. The molecule has 0 atom stereocenters. The lowest BCUT2D eigenvalue weighted by Gasteiger charge is -2.27. The monoisotopic (exact) mass is 440 g/mol. The van der Waals surface area contributed by atoms with Gasteiger partial charge in [0.25, 0.3) is 5.56 Å². The van der Waals surface area contributed by atoms with E-state index in [-0.39, 0.29) is 5.56 Å². The molecule has 5 rings (SSSR count). The lowest BCUT2D eigenvalue weighted by molar-refractivity contribution is 0.242. The van der Waals surface area contributed by atoms with E-state index >= 15 is 0 Å². The number of nitrogens with one attached hydrogen (secondary N) is 2. The van der Waals surface area contributed by atoms with Crippen LogP contribution in [0.15, 0.2) is 64.5 Å². The zero-order valence-electron chi connectivity index (χ0n) is 19.0. The molecule has 0 bridgehead atoms. The molecule has 7 heteroatoms. The zero-order valence-corrected chi connectivity index (χ0v) is 19.0. The lowest BCUT2D eigenvalue weighted by atomic mass is 10.1. The minimum absolute atomic E-state index is 0.103. The molecule has 0 spiro atoms. The van der Waals surface area contributed by atoms with E-state index in [4.69, 9.17) is 0 Å². The molecule has 0 unspecified atom stereocenters. The molecule has 1 aliphatic rings. The van der Waals surface area contributed by atoms with Crippen molar-refractivity contribution in [1.29, 1.82) is 0 Å². The predicted octanol–water partition coefficient (Wildman–Crippen LogP) is 4.06. The Morgan fingerprint density at radius 2 is 1.94 bits per heavy atom. The molecule has 1 aliphatic heterocycles. The van der Waals surface area contributed by atoms with Gasteiger partial charge in [-0.2, -0.15) is 5.10 Å². The summed E-state index contributed by atoms with van der Waals surface area (Å²) in [5.41, 5.74) is 9.09. The Morgan fingerprint density at radius 3 is 2.76 bits per heavy atom. The number of aromatic nitrogens is 3. The third-order valence-electron chi connectivity index (χ3n) is 6.36. The molecular formula is C26H28N6O. The average molecular weight is 441 g/mol. The van der Waals surface area contributed by atoms with Gasteiger partial charge >= 0.3 is 0 Å². The van der Waals surface area contributed by atoms with E-state index < -0.39 is 0 Å². The number of benzene rings is 2. The third-order valence-corrected chi connectivity index (χ3v) is 6.36. The van der Waals surface area contributed by atoms with Crippen LogP contribution < -0.4 is 11.0 Å². The van der Waals surface area contributed by atoms with Crippen molar-refractivity contribution in [3.63, 3.8) is 0 Å². The molecule has 0 fully saturated rings. The number of H-pyrrole nitrogens is 1. The van der Waals surface area contributed by atoms with E-state index in [2.05, 4.69) is 74.1 Å². The Balaban J connectivity index is 1.33. The smallest absolute Gasteiger partial charge is 0.257 e. The molecule has 7 nitrogen and oxygen atoms in total. The molecule has 4 aromatic rings. The Hall–Kier alpha value is -3.71. The highest BCUT2D eigenvalue weighted by Gasteiger charge is 2.21. The molecule has 33 heavy (non-hydrogen) atoms. The maximum Gasteiger partial charge on any atom is 0.257 e. The Labute approximate surface area is 192 Å². The first-order valence-corrected chi connectivity index (χ1v) is 11.4. The number of nitrogens with zero attached hydrogens (tertiary/aromatic N) is 4. The summed E-state index contributed by atoms with van der Waals surface area (Å²) in [7, 11) is 0. The summed E-state index contributed by atoms with van der Waals surface area (Å²) in [5.74, 6) is 0.378. The van der Waals surface area contributed by atoms with Crippen LogP contribution in [0.25, 0.3) is 10.9 Å². The molecule has 0 amide bonds. The van der Waals surface area contributed by atoms with E-state index in [1.165, 1.54) is 11.1 Å². The van der Waals surface area contributed by atoms with Crippen LogP contribution in [0.4, 0.5) is 5.95 Å². The number of para-hydroxylation sites is 1. The number of aryl methyl sites for hydroxylation is 1. The summed E-state index contributed by atoms with van der Waals surface area (Å²) < 4.78 is 2.27. The summed E-state index contributed by atoms with van der Waals surface area (Å²) in [5, 5.41) is 5.56.